The first-order chi connectivity index (χ1) is 16.4. The van der Waals surface area contributed by atoms with E-state index in [2.05, 4.69) is 9.97 Å². The van der Waals surface area contributed by atoms with Crippen molar-refractivity contribution in [3.05, 3.63) is 98.8 Å². The van der Waals surface area contributed by atoms with E-state index in [9.17, 15) is 13.9 Å². The summed E-state index contributed by atoms with van der Waals surface area (Å²) >= 11 is 6.87. The molecule has 2 heterocycles. The van der Waals surface area contributed by atoms with Gasteiger partial charge in [0.2, 0.25) is 5.88 Å². The van der Waals surface area contributed by atoms with Crippen molar-refractivity contribution in [3.63, 3.8) is 0 Å². The van der Waals surface area contributed by atoms with E-state index in [4.69, 9.17) is 16.3 Å². The minimum Gasteiger partial charge on any atom is -0.481 e. The Labute approximate surface area is 208 Å². The average molecular weight is 497 g/mol. The van der Waals surface area contributed by atoms with Gasteiger partial charge in [0.25, 0.3) is 5.92 Å². The van der Waals surface area contributed by atoms with Crippen molar-refractivity contribution in [1.82, 2.24) is 9.97 Å². The molecule has 182 valence electrons. The fraction of sp³-hybridized carbons (Fsp3) is 0.286. The number of hydrogen-bond donors (Lipinski definition) is 1. The van der Waals surface area contributed by atoms with Gasteiger partial charge in [0.15, 0.2) is 0 Å². The van der Waals surface area contributed by atoms with Crippen molar-refractivity contribution in [2.45, 2.75) is 45.6 Å². The number of halogens is 3. The summed E-state index contributed by atoms with van der Waals surface area (Å²) in [6.07, 6.45) is 0.349. The number of rotatable bonds is 6. The number of aromatic nitrogens is 2. The molecule has 0 aliphatic carbocycles. The number of pyridine rings is 2. The van der Waals surface area contributed by atoms with Crippen molar-refractivity contribution in [2.75, 3.05) is 7.11 Å². The number of benzene rings is 2. The van der Waals surface area contributed by atoms with E-state index < -0.39 is 11.5 Å². The van der Waals surface area contributed by atoms with Gasteiger partial charge >= 0.3 is 0 Å². The van der Waals surface area contributed by atoms with Gasteiger partial charge in [-0.15, -0.1) is 0 Å². The summed E-state index contributed by atoms with van der Waals surface area (Å²) in [5.41, 5.74) is 3.67. The summed E-state index contributed by atoms with van der Waals surface area (Å²) < 4.78 is 32.7. The zero-order valence-corrected chi connectivity index (χ0v) is 21.0. The topological polar surface area (TPSA) is 55.2 Å². The van der Waals surface area contributed by atoms with Crippen molar-refractivity contribution in [2.24, 2.45) is 0 Å². The summed E-state index contributed by atoms with van der Waals surface area (Å²) in [5.74, 6) is -2.54. The van der Waals surface area contributed by atoms with Crippen LogP contribution in [0.2, 0.25) is 5.02 Å². The number of alkyl halides is 2. The Morgan fingerprint density at radius 2 is 1.60 bits per heavy atom. The molecule has 0 amide bonds. The lowest BCUT2D eigenvalue weighted by Crippen LogP contribution is -2.24. The van der Waals surface area contributed by atoms with Gasteiger partial charge in [0.1, 0.15) is 5.60 Å². The molecule has 0 radical (unpaired) electrons. The van der Waals surface area contributed by atoms with Crippen LogP contribution in [0, 0.1) is 13.8 Å². The molecule has 2 aromatic heterocycles. The van der Waals surface area contributed by atoms with Gasteiger partial charge in [-0.3, -0.25) is 4.98 Å². The molecular weight excluding hydrogens is 470 g/mol. The zero-order chi connectivity index (χ0) is 25.5. The highest BCUT2D eigenvalue weighted by Crippen LogP contribution is 2.38. The molecule has 0 bridgehead atoms. The summed E-state index contributed by atoms with van der Waals surface area (Å²) in [5, 5.41) is 12.6. The second kappa shape index (κ2) is 9.17. The lowest BCUT2D eigenvalue weighted by Gasteiger charge is -2.26. The maximum Gasteiger partial charge on any atom is 0.270 e. The molecule has 0 aliphatic rings. The van der Waals surface area contributed by atoms with Crippen LogP contribution in [0.4, 0.5) is 8.78 Å². The van der Waals surface area contributed by atoms with E-state index in [1.54, 1.807) is 25.1 Å². The van der Waals surface area contributed by atoms with Gasteiger partial charge in [-0.05, 0) is 50.1 Å². The van der Waals surface area contributed by atoms with E-state index in [1.165, 1.54) is 19.2 Å². The van der Waals surface area contributed by atoms with Crippen LogP contribution in [0.25, 0.3) is 10.9 Å². The Balaban J connectivity index is 1.79. The van der Waals surface area contributed by atoms with Gasteiger partial charge in [0, 0.05) is 46.8 Å². The Hall–Kier alpha value is -3.09. The number of fused-ring (bicyclic) bond motifs is 1. The van der Waals surface area contributed by atoms with E-state index in [1.807, 2.05) is 38.1 Å². The predicted octanol–water partition coefficient (Wildman–Crippen LogP) is 6.87. The third-order valence-electron chi connectivity index (χ3n) is 6.32. The maximum atomic E-state index is 13.6. The monoisotopic (exact) mass is 496 g/mol. The Morgan fingerprint density at radius 3 is 2.20 bits per heavy atom. The van der Waals surface area contributed by atoms with E-state index in [-0.39, 0.29) is 5.56 Å². The summed E-state index contributed by atoms with van der Waals surface area (Å²) in [6, 6.07) is 15.3. The molecule has 1 atom stereocenters. The molecule has 4 rings (SSSR count). The second-order valence-electron chi connectivity index (χ2n) is 9.07. The molecule has 0 saturated heterocycles. The largest absolute Gasteiger partial charge is 0.481 e. The van der Waals surface area contributed by atoms with Crippen LogP contribution >= 0.6 is 11.6 Å². The third-order valence-corrected chi connectivity index (χ3v) is 6.76. The van der Waals surface area contributed by atoms with Crippen molar-refractivity contribution < 1.29 is 18.6 Å². The molecule has 1 unspecified atom stereocenters. The smallest absolute Gasteiger partial charge is 0.270 e. The molecule has 2 aromatic carbocycles. The highest BCUT2D eigenvalue weighted by atomic mass is 35.5. The lowest BCUT2D eigenvalue weighted by atomic mass is 9.86. The van der Waals surface area contributed by atoms with Crippen LogP contribution in [0.3, 0.4) is 0 Å². The quantitative estimate of drug-likeness (QED) is 0.316. The summed E-state index contributed by atoms with van der Waals surface area (Å²) in [4.78, 5) is 9.10. The number of methoxy groups -OCH3 is 1. The number of hydrogen-bond acceptors (Lipinski definition) is 4. The third kappa shape index (κ3) is 4.86. The van der Waals surface area contributed by atoms with Crippen LogP contribution in [0.15, 0.2) is 54.6 Å². The Kier molecular flexibility index (Phi) is 6.56. The van der Waals surface area contributed by atoms with Gasteiger partial charge in [-0.2, -0.15) is 0 Å². The molecule has 7 heteroatoms. The molecule has 4 nitrogen and oxygen atoms in total. The highest BCUT2D eigenvalue weighted by Gasteiger charge is 2.29. The second-order valence-corrected chi connectivity index (χ2v) is 9.44. The van der Waals surface area contributed by atoms with Crippen LogP contribution in [-0.4, -0.2) is 22.2 Å². The van der Waals surface area contributed by atoms with Gasteiger partial charge in [-0.1, -0.05) is 48.0 Å². The summed E-state index contributed by atoms with van der Waals surface area (Å²) in [7, 11) is 1.51. The number of nitrogens with zero attached hydrogens (tertiary/aromatic N) is 2. The molecule has 1 N–H and O–H groups in total. The first kappa shape index (κ1) is 25.0. The number of ether oxygens (including phenoxy) is 1. The lowest BCUT2D eigenvalue weighted by molar-refractivity contribution is 0.0174. The molecule has 0 aliphatic heterocycles. The van der Waals surface area contributed by atoms with E-state index in [0.29, 0.717) is 44.9 Å². The summed E-state index contributed by atoms with van der Waals surface area (Å²) in [6.45, 7) is 6.37. The number of aryl methyl sites for hydroxylation is 2. The zero-order valence-electron chi connectivity index (χ0n) is 20.3. The molecule has 0 spiro atoms. The SMILES string of the molecule is COc1nc2ccc(C(C)(O)c3ccc(C)nc3C)cc2c(Cl)c1Cc1ccc(C(C)(F)F)cc1. The maximum absolute atomic E-state index is 13.6. The molecular formula is C28H27ClF2N2O2. The van der Waals surface area contributed by atoms with Crippen molar-refractivity contribution in [1.29, 1.82) is 0 Å². The molecule has 35 heavy (non-hydrogen) atoms. The van der Waals surface area contributed by atoms with E-state index in [0.717, 1.165) is 23.9 Å². The van der Waals surface area contributed by atoms with Crippen LogP contribution < -0.4 is 4.74 Å². The molecule has 0 fully saturated rings. The molecule has 4 aromatic rings. The average Bonchev–Trinajstić information content (AvgIpc) is 2.80. The Morgan fingerprint density at radius 1 is 0.943 bits per heavy atom. The fourth-order valence-electron chi connectivity index (χ4n) is 4.34. The van der Waals surface area contributed by atoms with Crippen molar-refractivity contribution in [3.8, 4) is 5.88 Å². The van der Waals surface area contributed by atoms with Gasteiger partial charge in [-0.25, -0.2) is 13.8 Å². The molecule has 0 saturated carbocycles. The number of aliphatic hydroxyl groups is 1. The minimum absolute atomic E-state index is 0.0521. The van der Waals surface area contributed by atoms with Crippen LogP contribution in [0.5, 0.6) is 5.88 Å². The normalized spacial score (nSPS) is 13.6. The van der Waals surface area contributed by atoms with Crippen molar-refractivity contribution >= 4 is 22.5 Å². The van der Waals surface area contributed by atoms with Crippen LogP contribution in [0.1, 0.15) is 53.1 Å². The first-order valence-electron chi connectivity index (χ1n) is 11.2. The first-order valence-corrected chi connectivity index (χ1v) is 11.6. The highest BCUT2D eigenvalue weighted by molar-refractivity contribution is 6.36. The minimum atomic E-state index is -2.91. The van der Waals surface area contributed by atoms with Gasteiger partial charge in [0.05, 0.1) is 17.6 Å². The fourth-order valence-corrected chi connectivity index (χ4v) is 4.64. The standard InChI is InChI=1S/C28H27ClF2N2O2/c1-16-6-12-23(17(2)32-16)27(3,34)20-11-13-24-21(15-20)25(29)22(26(33-24)35-5)14-18-7-9-19(10-8-18)28(4,30)31/h6-13,15,34H,14H2,1-5H3. The van der Waals surface area contributed by atoms with Gasteiger partial charge < -0.3 is 9.84 Å². The predicted molar refractivity (Wildman–Crippen MR) is 135 cm³/mol. The Bertz CT molecular complexity index is 1400. The van der Waals surface area contributed by atoms with Crippen LogP contribution in [-0.2, 0) is 17.9 Å². The van der Waals surface area contributed by atoms with E-state index >= 15 is 0 Å².